The second-order valence-electron chi connectivity index (χ2n) is 4.77. The van der Waals surface area contributed by atoms with E-state index >= 15 is 0 Å². The molecule has 0 atom stereocenters. The Bertz CT molecular complexity index is 699. The Labute approximate surface area is 139 Å². The Kier molecular flexibility index (Phi) is 6.52. The molecule has 0 bridgehead atoms. The molecule has 9 heteroatoms. The highest BCUT2D eigenvalue weighted by molar-refractivity contribution is 5.85. The van der Waals surface area contributed by atoms with E-state index < -0.39 is 4.92 Å². The molecular weight excluding hydrogens is 322 g/mol. The Hall–Kier alpha value is -2.61. The minimum Gasteiger partial charge on any atom is -0.490 e. The molecule has 0 spiro atoms. The Balaban J connectivity index is 0.00000264. The van der Waals surface area contributed by atoms with Gasteiger partial charge in [-0.1, -0.05) is 6.07 Å². The van der Waals surface area contributed by atoms with Gasteiger partial charge in [0.05, 0.1) is 18.2 Å². The van der Waals surface area contributed by atoms with E-state index in [1.807, 2.05) is 18.7 Å². The van der Waals surface area contributed by atoms with Gasteiger partial charge in [-0.3, -0.25) is 10.1 Å². The lowest BCUT2D eigenvalue weighted by molar-refractivity contribution is -0.385. The molecule has 0 aliphatic carbocycles. The molecule has 0 aliphatic heterocycles. The number of rotatable bonds is 6. The fourth-order valence-electron chi connectivity index (χ4n) is 1.92. The van der Waals surface area contributed by atoms with Crippen LogP contribution >= 0.6 is 12.4 Å². The Morgan fingerprint density at radius 2 is 2.22 bits per heavy atom. The van der Waals surface area contributed by atoms with Gasteiger partial charge in [-0.05, 0) is 11.6 Å². The zero-order chi connectivity index (χ0) is 16.1. The molecule has 1 heterocycles. The van der Waals surface area contributed by atoms with E-state index in [4.69, 9.17) is 4.74 Å². The largest absolute Gasteiger partial charge is 0.490 e. The van der Waals surface area contributed by atoms with Crippen LogP contribution in [0.2, 0.25) is 0 Å². The maximum atomic E-state index is 11.1. The summed E-state index contributed by atoms with van der Waals surface area (Å²) >= 11 is 0. The topological polar surface area (TPSA) is 85.8 Å². The predicted octanol–water partition coefficient (Wildman–Crippen LogP) is 2.17. The minimum atomic E-state index is -0.454. The number of benzene rings is 1. The van der Waals surface area contributed by atoms with Gasteiger partial charge in [-0.25, -0.2) is 4.98 Å². The van der Waals surface area contributed by atoms with Crippen molar-refractivity contribution in [1.82, 2.24) is 14.6 Å². The van der Waals surface area contributed by atoms with Crippen LogP contribution in [0.1, 0.15) is 11.4 Å². The number of hydrogen-bond donors (Lipinski definition) is 0. The van der Waals surface area contributed by atoms with Crippen LogP contribution in [0.5, 0.6) is 5.75 Å². The lowest BCUT2D eigenvalue weighted by atomic mass is 10.2. The van der Waals surface area contributed by atoms with Crippen molar-refractivity contribution in [2.45, 2.75) is 6.54 Å². The predicted molar refractivity (Wildman–Crippen MR) is 89.5 cm³/mol. The van der Waals surface area contributed by atoms with E-state index in [9.17, 15) is 10.1 Å². The molecule has 1 aromatic heterocycles. The number of hydrazone groups is 1. The maximum absolute atomic E-state index is 11.1. The summed E-state index contributed by atoms with van der Waals surface area (Å²) in [6.45, 7) is 0.458. The van der Waals surface area contributed by atoms with Crippen molar-refractivity contribution >= 4 is 24.3 Å². The number of aromatic nitrogens is 2. The fourth-order valence-corrected chi connectivity index (χ4v) is 1.92. The zero-order valence-electron chi connectivity index (χ0n) is 13.0. The van der Waals surface area contributed by atoms with E-state index in [2.05, 4.69) is 10.1 Å². The molecule has 0 saturated carbocycles. The fraction of sp³-hybridized carbons (Fsp3) is 0.286. The summed E-state index contributed by atoms with van der Waals surface area (Å²) in [6.07, 6.45) is 5.10. The molecule has 23 heavy (non-hydrogen) atoms. The van der Waals surface area contributed by atoms with Gasteiger partial charge in [0.25, 0.3) is 0 Å². The number of imidazole rings is 1. The van der Waals surface area contributed by atoms with Gasteiger partial charge in [0, 0.05) is 39.1 Å². The van der Waals surface area contributed by atoms with Crippen molar-refractivity contribution in [2.75, 3.05) is 21.2 Å². The number of hydrogen-bond acceptors (Lipinski definition) is 6. The Morgan fingerprint density at radius 1 is 1.48 bits per heavy atom. The molecular formula is C14H18ClN5O3. The van der Waals surface area contributed by atoms with Crippen molar-refractivity contribution in [1.29, 1.82) is 0 Å². The summed E-state index contributed by atoms with van der Waals surface area (Å²) in [6, 6.07) is 4.89. The lowest BCUT2D eigenvalue weighted by Crippen LogP contribution is -2.07. The van der Waals surface area contributed by atoms with E-state index in [1.165, 1.54) is 13.2 Å². The second-order valence-corrected chi connectivity index (χ2v) is 4.77. The first-order chi connectivity index (χ1) is 10.5. The first kappa shape index (κ1) is 18.4. The van der Waals surface area contributed by atoms with Crippen LogP contribution in [0.25, 0.3) is 0 Å². The van der Waals surface area contributed by atoms with E-state index in [0.717, 1.165) is 5.56 Å². The van der Waals surface area contributed by atoms with Crippen LogP contribution < -0.4 is 4.74 Å². The van der Waals surface area contributed by atoms with Crippen molar-refractivity contribution in [2.24, 2.45) is 5.10 Å². The summed E-state index contributed by atoms with van der Waals surface area (Å²) in [7, 11) is 5.04. The molecule has 8 nitrogen and oxygen atoms in total. The highest BCUT2D eigenvalue weighted by atomic mass is 35.5. The third-order valence-electron chi connectivity index (χ3n) is 2.94. The maximum Gasteiger partial charge on any atom is 0.311 e. The van der Waals surface area contributed by atoms with Gasteiger partial charge < -0.3 is 14.3 Å². The zero-order valence-corrected chi connectivity index (χ0v) is 13.9. The van der Waals surface area contributed by atoms with Crippen molar-refractivity contribution < 1.29 is 9.66 Å². The van der Waals surface area contributed by atoms with E-state index in [1.54, 1.807) is 35.7 Å². The number of methoxy groups -OCH3 is 1. The van der Waals surface area contributed by atoms with E-state index in [-0.39, 0.29) is 23.8 Å². The van der Waals surface area contributed by atoms with Gasteiger partial charge >= 0.3 is 5.69 Å². The van der Waals surface area contributed by atoms with Crippen LogP contribution in [0.4, 0.5) is 5.69 Å². The average molecular weight is 340 g/mol. The first-order valence-electron chi connectivity index (χ1n) is 6.55. The summed E-state index contributed by atoms with van der Waals surface area (Å²) in [4.78, 5) is 14.8. The lowest BCUT2D eigenvalue weighted by Gasteiger charge is -2.08. The summed E-state index contributed by atoms with van der Waals surface area (Å²) in [5.74, 6) is 0.918. The highest BCUT2D eigenvalue weighted by Gasteiger charge is 2.15. The standard InChI is InChI=1S/C14H17N5O3.ClH/c1-17(2)16-9-14-15-6-7-18(14)10-11-4-5-13(22-3)12(8-11)19(20)21;/h4-9H,10H2,1-3H3;1H. The van der Waals surface area contributed by atoms with Gasteiger partial charge in [-0.2, -0.15) is 5.10 Å². The van der Waals surface area contributed by atoms with Gasteiger partial charge in [0.2, 0.25) is 0 Å². The summed E-state index contributed by atoms with van der Waals surface area (Å²) in [5.41, 5.74) is 0.730. The normalized spacial score (nSPS) is 10.4. The highest BCUT2D eigenvalue weighted by Crippen LogP contribution is 2.27. The molecule has 124 valence electrons. The molecule has 0 amide bonds. The van der Waals surface area contributed by atoms with Crippen LogP contribution in [0.3, 0.4) is 0 Å². The van der Waals surface area contributed by atoms with Gasteiger partial charge in [0.1, 0.15) is 0 Å². The van der Waals surface area contributed by atoms with Crippen LogP contribution in [0, 0.1) is 10.1 Å². The molecule has 1 aromatic carbocycles. The molecule has 0 radical (unpaired) electrons. The minimum absolute atomic E-state index is 0. The number of ether oxygens (including phenoxy) is 1. The molecule has 0 aliphatic rings. The number of nitro benzene ring substituents is 1. The summed E-state index contributed by atoms with van der Waals surface area (Å²) < 4.78 is 6.86. The van der Waals surface area contributed by atoms with Crippen molar-refractivity contribution in [3.8, 4) is 5.75 Å². The van der Waals surface area contributed by atoms with Crippen molar-refractivity contribution in [3.63, 3.8) is 0 Å². The monoisotopic (exact) mass is 339 g/mol. The number of nitrogens with zero attached hydrogens (tertiary/aromatic N) is 5. The Morgan fingerprint density at radius 3 is 2.83 bits per heavy atom. The molecule has 0 unspecified atom stereocenters. The van der Waals surface area contributed by atoms with Crippen LogP contribution in [-0.4, -0.2) is 46.9 Å². The molecule has 2 rings (SSSR count). The number of halogens is 1. The van der Waals surface area contributed by atoms with Crippen LogP contribution in [0.15, 0.2) is 35.7 Å². The third-order valence-corrected chi connectivity index (χ3v) is 2.94. The van der Waals surface area contributed by atoms with Gasteiger partial charge in [-0.15, -0.1) is 12.4 Å². The average Bonchev–Trinajstić information content (AvgIpc) is 2.92. The quantitative estimate of drug-likeness (QED) is 0.457. The number of nitro groups is 1. The molecule has 0 N–H and O–H groups in total. The third kappa shape index (κ3) is 4.68. The molecule has 0 fully saturated rings. The summed E-state index contributed by atoms with van der Waals surface area (Å²) in [5, 5.41) is 16.9. The molecule has 0 saturated heterocycles. The van der Waals surface area contributed by atoms with E-state index in [0.29, 0.717) is 12.4 Å². The van der Waals surface area contributed by atoms with Crippen molar-refractivity contribution in [3.05, 3.63) is 52.1 Å². The second kappa shape index (κ2) is 8.14. The SMILES string of the molecule is COc1ccc(Cn2ccnc2C=NN(C)C)cc1[N+](=O)[O-].Cl. The van der Waals surface area contributed by atoms with Crippen LogP contribution in [-0.2, 0) is 6.54 Å². The van der Waals surface area contributed by atoms with Gasteiger partial charge in [0.15, 0.2) is 11.6 Å². The molecule has 2 aromatic rings. The first-order valence-corrected chi connectivity index (χ1v) is 6.55. The smallest absolute Gasteiger partial charge is 0.311 e.